The highest BCUT2D eigenvalue weighted by molar-refractivity contribution is 5.45. The molecule has 1 heterocycles. The average Bonchev–Trinajstić information content (AvgIpc) is 2.17. The third kappa shape index (κ3) is 1.90. The molecular formula is C9H13N3. The van der Waals surface area contributed by atoms with E-state index in [4.69, 9.17) is 11.5 Å². The van der Waals surface area contributed by atoms with Crippen molar-refractivity contribution >= 4 is 6.08 Å². The molecule has 0 amide bonds. The number of pyridine rings is 1. The molecule has 3 nitrogen and oxygen atoms in total. The van der Waals surface area contributed by atoms with Gasteiger partial charge in [0.2, 0.25) is 0 Å². The summed E-state index contributed by atoms with van der Waals surface area (Å²) >= 11 is 0. The first-order chi connectivity index (χ1) is 5.77. The molecule has 0 saturated heterocycles. The predicted molar refractivity (Wildman–Crippen MR) is 50.3 cm³/mol. The Bertz CT molecular complexity index is 253. The predicted octanol–water partition coefficient (Wildman–Crippen LogP) is 0.683. The second-order valence-corrected chi connectivity index (χ2v) is 2.56. The highest BCUT2D eigenvalue weighted by Crippen LogP contribution is 2.06. The van der Waals surface area contributed by atoms with Crippen molar-refractivity contribution in [2.45, 2.75) is 6.04 Å². The van der Waals surface area contributed by atoms with Gasteiger partial charge in [-0.05, 0) is 11.6 Å². The van der Waals surface area contributed by atoms with E-state index in [0.717, 1.165) is 11.3 Å². The Morgan fingerprint density at radius 1 is 1.58 bits per heavy atom. The molecule has 1 aromatic rings. The lowest BCUT2D eigenvalue weighted by Gasteiger charge is -2.06. The lowest BCUT2D eigenvalue weighted by Crippen LogP contribution is -2.21. The van der Waals surface area contributed by atoms with Crippen LogP contribution in [0.15, 0.2) is 24.9 Å². The van der Waals surface area contributed by atoms with Crippen LogP contribution in [0.3, 0.4) is 0 Å². The Labute approximate surface area is 72.1 Å². The molecule has 0 radical (unpaired) electrons. The molecule has 1 rings (SSSR count). The molecule has 3 heteroatoms. The summed E-state index contributed by atoms with van der Waals surface area (Å²) in [5.41, 5.74) is 12.9. The Morgan fingerprint density at radius 2 is 2.33 bits per heavy atom. The average molecular weight is 163 g/mol. The van der Waals surface area contributed by atoms with E-state index in [1.165, 1.54) is 0 Å². The summed E-state index contributed by atoms with van der Waals surface area (Å²) in [4.78, 5) is 4.14. The third-order valence-electron chi connectivity index (χ3n) is 1.68. The van der Waals surface area contributed by atoms with Gasteiger partial charge in [-0.15, -0.1) is 0 Å². The monoisotopic (exact) mass is 163 g/mol. The molecule has 0 bridgehead atoms. The summed E-state index contributed by atoms with van der Waals surface area (Å²) < 4.78 is 0. The van der Waals surface area contributed by atoms with Crippen molar-refractivity contribution in [3.63, 3.8) is 0 Å². The normalized spacial score (nSPS) is 12.5. The first kappa shape index (κ1) is 8.90. The maximum Gasteiger partial charge on any atom is 0.0594 e. The van der Waals surface area contributed by atoms with Crippen molar-refractivity contribution in [2.75, 3.05) is 6.54 Å². The van der Waals surface area contributed by atoms with Crippen LogP contribution in [0.5, 0.6) is 0 Å². The van der Waals surface area contributed by atoms with Gasteiger partial charge in [-0.2, -0.15) is 0 Å². The summed E-state index contributed by atoms with van der Waals surface area (Å²) in [5, 5.41) is 0. The number of aromatic nitrogens is 1. The number of hydrogen-bond donors (Lipinski definition) is 2. The minimum absolute atomic E-state index is 0.163. The standard InChI is InChI=1S/C9H13N3/c1-2-7-3-4-9(12-6-7)8(11)5-10/h2-4,6,8H,1,5,10-11H2/t8-/m0/s1. The van der Waals surface area contributed by atoms with E-state index in [-0.39, 0.29) is 6.04 Å². The van der Waals surface area contributed by atoms with Crippen LogP contribution in [-0.4, -0.2) is 11.5 Å². The summed E-state index contributed by atoms with van der Waals surface area (Å²) in [7, 11) is 0. The first-order valence-electron chi connectivity index (χ1n) is 3.82. The zero-order valence-corrected chi connectivity index (χ0v) is 6.90. The number of nitrogens with two attached hydrogens (primary N) is 2. The minimum atomic E-state index is -0.163. The molecule has 0 aliphatic rings. The first-order valence-corrected chi connectivity index (χ1v) is 3.82. The van der Waals surface area contributed by atoms with Gasteiger partial charge < -0.3 is 11.5 Å². The lowest BCUT2D eigenvalue weighted by molar-refractivity contribution is 0.711. The second kappa shape index (κ2) is 3.99. The van der Waals surface area contributed by atoms with Crippen LogP contribution in [-0.2, 0) is 0 Å². The maximum atomic E-state index is 5.67. The van der Waals surface area contributed by atoms with Crippen molar-refractivity contribution in [2.24, 2.45) is 11.5 Å². The Balaban J connectivity index is 2.84. The van der Waals surface area contributed by atoms with Gasteiger partial charge in [0, 0.05) is 12.7 Å². The molecule has 0 aliphatic heterocycles. The Kier molecular flexibility index (Phi) is 2.96. The molecule has 1 aromatic heterocycles. The molecule has 0 fully saturated rings. The van der Waals surface area contributed by atoms with Crippen LogP contribution in [0.25, 0.3) is 6.08 Å². The second-order valence-electron chi connectivity index (χ2n) is 2.56. The fraction of sp³-hybridized carbons (Fsp3) is 0.222. The number of rotatable bonds is 3. The van der Waals surface area contributed by atoms with Gasteiger partial charge in [0.1, 0.15) is 0 Å². The van der Waals surface area contributed by atoms with Gasteiger partial charge in [0.25, 0.3) is 0 Å². The van der Waals surface area contributed by atoms with Crippen LogP contribution < -0.4 is 11.5 Å². The van der Waals surface area contributed by atoms with Gasteiger partial charge in [-0.25, -0.2) is 0 Å². The van der Waals surface area contributed by atoms with Crippen molar-refractivity contribution in [3.05, 3.63) is 36.2 Å². The fourth-order valence-corrected chi connectivity index (χ4v) is 0.878. The zero-order chi connectivity index (χ0) is 8.97. The number of nitrogens with zero attached hydrogens (tertiary/aromatic N) is 1. The van der Waals surface area contributed by atoms with Crippen molar-refractivity contribution < 1.29 is 0 Å². The molecule has 64 valence electrons. The van der Waals surface area contributed by atoms with Crippen molar-refractivity contribution in [1.29, 1.82) is 0 Å². The van der Waals surface area contributed by atoms with Gasteiger partial charge in [0.15, 0.2) is 0 Å². The van der Waals surface area contributed by atoms with Crippen LogP contribution in [0, 0.1) is 0 Å². The highest BCUT2D eigenvalue weighted by atomic mass is 14.8. The third-order valence-corrected chi connectivity index (χ3v) is 1.68. The van der Waals surface area contributed by atoms with E-state index in [1.54, 1.807) is 12.3 Å². The topological polar surface area (TPSA) is 64.9 Å². The maximum absolute atomic E-state index is 5.67. The molecular weight excluding hydrogens is 150 g/mol. The minimum Gasteiger partial charge on any atom is -0.329 e. The molecule has 0 saturated carbocycles. The van der Waals surface area contributed by atoms with Crippen LogP contribution in [0.4, 0.5) is 0 Å². The quantitative estimate of drug-likeness (QED) is 0.688. The SMILES string of the molecule is C=Cc1ccc([C@@H](N)CN)nc1. The highest BCUT2D eigenvalue weighted by Gasteiger charge is 2.02. The van der Waals surface area contributed by atoms with E-state index in [0.29, 0.717) is 6.54 Å². The molecule has 0 aliphatic carbocycles. The van der Waals surface area contributed by atoms with E-state index in [2.05, 4.69) is 11.6 Å². The van der Waals surface area contributed by atoms with Crippen LogP contribution in [0.2, 0.25) is 0 Å². The van der Waals surface area contributed by atoms with Gasteiger partial charge in [0.05, 0.1) is 11.7 Å². The fourth-order valence-electron chi connectivity index (χ4n) is 0.878. The van der Waals surface area contributed by atoms with E-state index < -0.39 is 0 Å². The van der Waals surface area contributed by atoms with Crippen molar-refractivity contribution in [1.82, 2.24) is 4.98 Å². The molecule has 4 N–H and O–H groups in total. The van der Waals surface area contributed by atoms with E-state index in [9.17, 15) is 0 Å². The molecule has 1 atom stereocenters. The van der Waals surface area contributed by atoms with Gasteiger partial charge >= 0.3 is 0 Å². The molecule has 0 spiro atoms. The summed E-state index contributed by atoms with van der Waals surface area (Å²) in [6.07, 6.45) is 3.47. The zero-order valence-electron chi connectivity index (χ0n) is 6.90. The summed E-state index contributed by atoms with van der Waals surface area (Å²) in [6.45, 7) is 4.05. The van der Waals surface area contributed by atoms with Crippen molar-refractivity contribution in [3.8, 4) is 0 Å². The molecule has 12 heavy (non-hydrogen) atoms. The number of hydrogen-bond acceptors (Lipinski definition) is 3. The summed E-state index contributed by atoms with van der Waals surface area (Å²) in [5.74, 6) is 0. The largest absolute Gasteiger partial charge is 0.329 e. The Hall–Kier alpha value is -1.19. The van der Waals surface area contributed by atoms with E-state index in [1.807, 2.05) is 12.1 Å². The van der Waals surface area contributed by atoms with Crippen LogP contribution >= 0.6 is 0 Å². The molecule has 0 unspecified atom stereocenters. The smallest absolute Gasteiger partial charge is 0.0594 e. The van der Waals surface area contributed by atoms with Crippen LogP contribution in [0.1, 0.15) is 17.3 Å². The van der Waals surface area contributed by atoms with Gasteiger partial charge in [-0.1, -0.05) is 18.7 Å². The summed E-state index contributed by atoms with van der Waals surface area (Å²) in [6, 6.07) is 3.63. The molecule has 0 aromatic carbocycles. The van der Waals surface area contributed by atoms with Gasteiger partial charge in [-0.3, -0.25) is 4.98 Å². The Morgan fingerprint density at radius 3 is 2.75 bits per heavy atom. The van der Waals surface area contributed by atoms with E-state index >= 15 is 0 Å². The lowest BCUT2D eigenvalue weighted by atomic mass is 10.2.